The van der Waals surface area contributed by atoms with E-state index in [4.69, 9.17) is 9.15 Å². The van der Waals surface area contributed by atoms with Crippen LogP contribution in [0.3, 0.4) is 0 Å². The van der Waals surface area contributed by atoms with Crippen molar-refractivity contribution in [1.82, 2.24) is 10.2 Å². The lowest BCUT2D eigenvalue weighted by Crippen LogP contribution is -2.29. The third-order valence-corrected chi connectivity index (χ3v) is 7.05. The molecule has 1 heterocycles. The van der Waals surface area contributed by atoms with Gasteiger partial charge in [-0.05, 0) is 59.1 Å². The van der Waals surface area contributed by atoms with E-state index >= 15 is 0 Å². The first-order valence-electron chi connectivity index (χ1n) is 14.1. The third-order valence-electron chi connectivity index (χ3n) is 7.05. The highest BCUT2D eigenvalue weighted by molar-refractivity contribution is 5.83. The van der Waals surface area contributed by atoms with E-state index in [0.29, 0.717) is 16.9 Å². The summed E-state index contributed by atoms with van der Waals surface area (Å²) in [5.74, 6) is -1.36. The number of benzene rings is 4. The van der Waals surface area contributed by atoms with Crippen LogP contribution >= 0.6 is 0 Å². The monoisotopic (exact) mass is 582 g/mol. The molecule has 5 rings (SSSR count). The quantitative estimate of drug-likeness (QED) is 0.134. The Morgan fingerprint density at radius 2 is 1.53 bits per heavy atom. The number of carbonyl (C=O) groups is 1. The number of amides is 1. The normalized spacial score (nSPS) is 11.2. The largest absolute Gasteiger partial charge is 0.492 e. The van der Waals surface area contributed by atoms with E-state index in [9.17, 15) is 18.4 Å². The Balaban J connectivity index is 1.17. The Hall–Kier alpha value is -4.82. The lowest BCUT2D eigenvalue weighted by molar-refractivity contribution is -0.120. The average molecular weight is 583 g/mol. The summed E-state index contributed by atoms with van der Waals surface area (Å²) in [6, 6.07) is 28.4. The third kappa shape index (κ3) is 8.14. The van der Waals surface area contributed by atoms with Crippen LogP contribution in [0, 0.1) is 11.6 Å². The smallest absolute Gasteiger partial charge is 0.344 e. The Kier molecular flexibility index (Phi) is 9.59. The highest BCUT2D eigenvalue weighted by Crippen LogP contribution is 2.25. The predicted octanol–water partition coefficient (Wildman–Crippen LogP) is 6.50. The first kappa shape index (κ1) is 29.7. The number of nitrogens with one attached hydrogen (secondary N) is 1. The lowest BCUT2D eigenvalue weighted by Gasteiger charge is -2.20. The number of hydrogen-bond acceptors (Lipinski definition) is 5. The molecule has 4 aromatic carbocycles. The minimum Gasteiger partial charge on any atom is -0.492 e. The van der Waals surface area contributed by atoms with Crippen LogP contribution in [0.15, 0.2) is 106 Å². The molecule has 0 bridgehead atoms. The zero-order chi connectivity index (χ0) is 30.2. The van der Waals surface area contributed by atoms with Crippen molar-refractivity contribution < 1.29 is 22.7 Å². The van der Waals surface area contributed by atoms with Crippen molar-refractivity contribution in [1.29, 1.82) is 0 Å². The molecule has 5 aromatic rings. The molecule has 0 spiro atoms. The molecule has 0 atom stereocenters. The van der Waals surface area contributed by atoms with Gasteiger partial charge in [0.15, 0.2) is 0 Å². The van der Waals surface area contributed by atoms with Gasteiger partial charge in [0.25, 0.3) is 0 Å². The van der Waals surface area contributed by atoms with Crippen LogP contribution in [0.4, 0.5) is 8.78 Å². The molecule has 0 fully saturated rings. The standard InChI is InChI=1S/C35H32F2N2O4/c1-2-39(22-24-6-4-3-5-7-24)23-25-8-10-27(11-9-25)32-19-28-12-13-31(21-33(28)43-35(32)41)42-15-14-38-34(40)18-26-16-29(36)20-30(37)17-26/h3-13,16-17,19-21H,2,14-15,18,22-23H2,1H3,(H,38,40). The Bertz CT molecular complexity index is 1730. The second-order valence-corrected chi connectivity index (χ2v) is 10.3. The van der Waals surface area contributed by atoms with Gasteiger partial charge in [0.2, 0.25) is 5.91 Å². The summed E-state index contributed by atoms with van der Waals surface area (Å²) >= 11 is 0. The number of nitrogens with zero attached hydrogens (tertiary/aromatic N) is 1. The van der Waals surface area contributed by atoms with Crippen LogP contribution in [-0.2, 0) is 24.3 Å². The molecule has 0 aliphatic rings. The Morgan fingerprint density at radius 3 is 2.23 bits per heavy atom. The molecule has 220 valence electrons. The van der Waals surface area contributed by atoms with Gasteiger partial charge in [-0.2, -0.15) is 0 Å². The summed E-state index contributed by atoms with van der Waals surface area (Å²) in [5, 5.41) is 3.41. The molecule has 0 saturated heterocycles. The average Bonchev–Trinajstić information content (AvgIpc) is 2.99. The van der Waals surface area contributed by atoms with E-state index in [1.807, 2.05) is 54.6 Å². The van der Waals surface area contributed by atoms with Gasteiger partial charge in [0.05, 0.1) is 18.5 Å². The van der Waals surface area contributed by atoms with Crippen LogP contribution in [-0.4, -0.2) is 30.5 Å². The van der Waals surface area contributed by atoms with E-state index < -0.39 is 17.3 Å². The molecular weight excluding hydrogens is 550 g/mol. The molecule has 43 heavy (non-hydrogen) atoms. The van der Waals surface area contributed by atoms with Crippen molar-refractivity contribution in [2.24, 2.45) is 0 Å². The zero-order valence-electron chi connectivity index (χ0n) is 23.8. The summed E-state index contributed by atoms with van der Waals surface area (Å²) in [5.41, 5.74) is 3.88. The second kappa shape index (κ2) is 13.9. The molecule has 0 saturated carbocycles. The van der Waals surface area contributed by atoms with Gasteiger partial charge in [-0.1, -0.05) is 61.5 Å². The van der Waals surface area contributed by atoms with E-state index in [0.717, 1.165) is 54.3 Å². The van der Waals surface area contributed by atoms with Crippen molar-refractivity contribution in [3.63, 3.8) is 0 Å². The minimum absolute atomic E-state index is 0.147. The molecule has 6 nitrogen and oxygen atoms in total. The molecule has 0 unspecified atom stereocenters. The summed E-state index contributed by atoms with van der Waals surface area (Å²) in [6.07, 6.45) is -0.147. The summed E-state index contributed by atoms with van der Waals surface area (Å²) in [6.45, 7) is 5.08. The summed E-state index contributed by atoms with van der Waals surface area (Å²) < 4.78 is 38.0. The molecule has 0 aliphatic carbocycles. The second-order valence-electron chi connectivity index (χ2n) is 10.3. The van der Waals surface area contributed by atoms with Gasteiger partial charge >= 0.3 is 5.63 Å². The first-order chi connectivity index (χ1) is 20.9. The Morgan fingerprint density at radius 1 is 0.837 bits per heavy atom. The van der Waals surface area contributed by atoms with E-state index in [1.54, 1.807) is 12.1 Å². The maximum absolute atomic E-state index is 13.3. The van der Waals surface area contributed by atoms with Crippen LogP contribution in [0.2, 0.25) is 0 Å². The first-order valence-corrected chi connectivity index (χ1v) is 14.1. The van der Waals surface area contributed by atoms with Gasteiger partial charge in [-0.25, -0.2) is 13.6 Å². The number of carbonyl (C=O) groups excluding carboxylic acids is 1. The van der Waals surface area contributed by atoms with Crippen LogP contribution < -0.4 is 15.7 Å². The van der Waals surface area contributed by atoms with Crippen molar-refractivity contribution in [3.8, 4) is 16.9 Å². The fourth-order valence-electron chi connectivity index (χ4n) is 4.87. The van der Waals surface area contributed by atoms with E-state index in [2.05, 4.69) is 29.3 Å². The van der Waals surface area contributed by atoms with Gasteiger partial charge in [0, 0.05) is 30.6 Å². The van der Waals surface area contributed by atoms with Crippen LogP contribution in [0.5, 0.6) is 5.75 Å². The summed E-state index contributed by atoms with van der Waals surface area (Å²) in [4.78, 5) is 27.3. The number of halogens is 2. The highest BCUT2D eigenvalue weighted by Gasteiger charge is 2.11. The number of rotatable bonds is 12. The van der Waals surface area contributed by atoms with Gasteiger partial charge in [0.1, 0.15) is 29.6 Å². The predicted molar refractivity (Wildman–Crippen MR) is 163 cm³/mol. The molecule has 0 radical (unpaired) electrons. The number of ether oxygens (including phenoxy) is 1. The molecule has 1 aromatic heterocycles. The van der Waals surface area contributed by atoms with Gasteiger partial charge in [-0.3, -0.25) is 9.69 Å². The number of hydrogen-bond donors (Lipinski definition) is 1. The maximum Gasteiger partial charge on any atom is 0.344 e. The zero-order valence-corrected chi connectivity index (χ0v) is 23.8. The van der Waals surface area contributed by atoms with Crippen molar-refractivity contribution in [2.75, 3.05) is 19.7 Å². The van der Waals surface area contributed by atoms with Crippen molar-refractivity contribution in [2.45, 2.75) is 26.4 Å². The van der Waals surface area contributed by atoms with Crippen molar-refractivity contribution >= 4 is 16.9 Å². The number of fused-ring (bicyclic) bond motifs is 1. The fourth-order valence-corrected chi connectivity index (χ4v) is 4.87. The fraction of sp³-hybridized carbons (Fsp3) is 0.200. The van der Waals surface area contributed by atoms with Gasteiger partial charge < -0.3 is 14.5 Å². The van der Waals surface area contributed by atoms with Crippen molar-refractivity contribution in [3.05, 3.63) is 136 Å². The molecule has 0 aliphatic heterocycles. The SMILES string of the molecule is CCN(Cc1ccccc1)Cc1ccc(-c2cc3ccc(OCCNC(=O)Cc4cc(F)cc(F)c4)cc3oc2=O)cc1. The van der Waals surface area contributed by atoms with E-state index in [1.165, 1.54) is 5.56 Å². The van der Waals surface area contributed by atoms with Gasteiger partial charge in [-0.15, -0.1) is 0 Å². The summed E-state index contributed by atoms with van der Waals surface area (Å²) in [7, 11) is 0. The molecule has 1 N–H and O–H groups in total. The molecule has 8 heteroatoms. The maximum atomic E-state index is 13.3. The van der Waals surface area contributed by atoms with E-state index in [-0.39, 0.29) is 31.0 Å². The molecule has 1 amide bonds. The minimum atomic E-state index is -0.729. The lowest BCUT2D eigenvalue weighted by atomic mass is 10.0. The van der Waals surface area contributed by atoms with Crippen LogP contribution in [0.1, 0.15) is 23.6 Å². The molecular formula is C35H32F2N2O4. The Labute approximate surface area is 248 Å². The topological polar surface area (TPSA) is 71.8 Å². The van der Waals surface area contributed by atoms with Crippen LogP contribution in [0.25, 0.3) is 22.1 Å². The highest BCUT2D eigenvalue weighted by atomic mass is 19.1.